The van der Waals surface area contributed by atoms with Crippen LogP contribution in [0.2, 0.25) is 0 Å². The third kappa shape index (κ3) is 3.44. The number of aryl methyl sites for hydroxylation is 2. The molecule has 0 saturated carbocycles. The van der Waals surface area contributed by atoms with Crippen LogP contribution in [0.3, 0.4) is 0 Å². The molecule has 1 aromatic rings. The van der Waals surface area contributed by atoms with E-state index in [0.717, 1.165) is 0 Å². The molecule has 0 aromatic carbocycles. The summed E-state index contributed by atoms with van der Waals surface area (Å²) in [5.41, 5.74) is 5.96. The lowest BCUT2D eigenvalue weighted by atomic mass is 10.1. The van der Waals surface area contributed by atoms with Crippen molar-refractivity contribution in [2.75, 3.05) is 6.54 Å². The van der Waals surface area contributed by atoms with Crippen molar-refractivity contribution in [3.63, 3.8) is 0 Å². The van der Waals surface area contributed by atoms with Crippen LogP contribution in [0.4, 0.5) is 0 Å². The van der Waals surface area contributed by atoms with Crippen LogP contribution < -0.4 is 10.5 Å². The Hall–Kier alpha value is -0.630. The molecule has 0 aliphatic heterocycles. The average molecular weight is 297 g/mol. The van der Waals surface area contributed by atoms with Crippen molar-refractivity contribution < 1.29 is 8.42 Å². The van der Waals surface area contributed by atoms with Crippen LogP contribution in [0.5, 0.6) is 0 Å². The van der Waals surface area contributed by atoms with Gasteiger partial charge in [-0.15, -0.1) is 12.4 Å². The monoisotopic (exact) mass is 296 g/mol. The number of hydrogen-bond acceptors (Lipinski definition) is 4. The van der Waals surface area contributed by atoms with E-state index in [1.165, 1.54) is 0 Å². The van der Waals surface area contributed by atoms with Crippen molar-refractivity contribution in [3.8, 4) is 0 Å². The molecule has 0 amide bonds. The fraction of sp³-hybridized carbons (Fsp3) is 0.700. The summed E-state index contributed by atoms with van der Waals surface area (Å²) in [5.74, 6) is 0. The van der Waals surface area contributed by atoms with E-state index < -0.39 is 15.6 Å². The van der Waals surface area contributed by atoms with Crippen molar-refractivity contribution in [1.82, 2.24) is 14.5 Å². The van der Waals surface area contributed by atoms with E-state index in [4.69, 9.17) is 5.73 Å². The number of hydrogen-bond donors (Lipinski definition) is 2. The first-order chi connectivity index (χ1) is 7.60. The van der Waals surface area contributed by atoms with E-state index in [1.54, 1.807) is 39.4 Å². The average Bonchev–Trinajstić information content (AvgIpc) is 2.39. The summed E-state index contributed by atoms with van der Waals surface area (Å²) in [6.07, 6.45) is 0. The van der Waals surface area contributed by atoms with Crippen molar-refractivity contribution in [2.45, 2.75) is 38.1 Å². The van der Waals surface area contributed by atoms with Crippen molar-refractivity contribution >= 4 is 22.4 Å². The van der Waals surface area contributed by atoms with Gasteiger partial charge in [-0.2, -0.15) is 5.10 Å². The molecule has 0 aliphatic carbocycles. The summed E-state index contributed by atoms with van der Waals surface area (Å²) in [7, 11) is -1.87. The molecule has 0 fully saturated rings. The van der Waals surface area contributed by atoms with Gasteiger partial charge in [0.05, 0.1) is 11.4 Å². The number of aromatic nitrogens is 2. The van der Waals surface area contributed by atoms with E-state index in [1.807, 2.05) is 0 Å². The minimum atomic E-state index is -3.58. The minimum Gasteiger partial charge on any atom is -0.329 e. The van der Waals surface area contributed by atoms with Gasteiger partial charge in [0.15, 0.2) is 0 Å². The first-order valence-electron chi connectivity index (χ1n) is 5.35. The predicted molar refractivity (Wildman–Crippen MR) is 73.4 cm³/mol. The molecule has 1 rings (SSSR count). The van der Waals surface area contributed by atoms with Crippen LogP contribution in [0.15, 0.2) is 4.90 Å². The molecular formula is C10H21ClN4O2S. The summed E-state index contributed by atoms with van der Waals surface area (Å²) in [5, 5.41) is 4.10. The highest BCUT2D eigenvalue weighted by Gasteiger charge is 2.29. The fourth-order valence-electron chi connectivity index (χ4n) is 1.60. The van der Waals surface area contributed by atoms with Gasteiger partial charge in [0.1, 0.15) is 4.90 Å². The smallest absolute Gasteiger partial charge is 0.244 e. The zero-order chi connectivity index (χ0) is 13.4. The Balaban J connectivity index is 0.00000289. The largest absolute Gasteiger partial charge is 0.329 e. The number of rotatable bonds is 4. The maximum atomic E-state index is 12.2. The van der Waals surface area contributed by atoms with Crippen LogP contribution in [-0.4, -0.2) is 30.3 Å². The van der Waals surface area contributed by atoms with Crippen molar-refractivity contribution in [3.05, 3.63) is 11.4 Å². The summed E-state index contributed by atoms with van der Waals surface area (Å²) < 4.78 is 28.6. The Morgan fingerprint density at radius 2 is 1.89 bits per heavy atom. The highest BCUT2D eigenvalue weighted by molar-refractivity contribution is 7.89. The molecule has 0 radical (unpaired) electrons. The maximum absolute atomic E-state index is 12.2. The maximum Gasteiger partial charge on any atom is 0.244 e. The van der Waals surface area contributed by atoms with E-state index in [-0.39, 0.29) is 23.8 Å². The summed E-state index contributed by atoms with van der Waals surface area (Å²) in [6.45, 7) is 7.11. The van der Waals surface area contributed by atoms with Crippen molar-refractivity contribution in [2.24, 2.45) is 12.8 Å². The molecule has 0 bridgehead atoms. The molecule has 3 N–H and O–H groups in total. The molecule has 1 aromatic heterocycles. The highest BCUT2D eigenvalue weighted by Crippen LogP contribution is 2.20. The van der Waals surface area contributed by atoms with Gasteiger partial charge in [-0.05, 0) is 27.7 Å². The normalized spacial score (nSPS) is 12.3. The molecule has 0 atom stereocenters. The van der Waals surface area contributed by atoms with Gasteiger partial charge in [0.25, 0.3) is 0 Å². The summed E-state index contributed by atoms with van der Waals surface area (Å²) in [4.78, 5) is 0.238. The zero-order valence-corrected chi connectivity index (χ0v) is 12.9. The summed E-state index contributed by atoms with van der Waals surface area (Å²) >= 11 is 0. The Morgan fingerprint density at radius 1 is 1.39 bits per heavy atom. The van der Waals surface area contributed by atoms with Crippen LogP contribution in [-0.2, 0) is 17.1 Å². The zero-order valence-electron chi connectivity index (χ0n) is 11.3. The SMILES string of the molecule is Cc1nn(C)c(C)c1S(=O)(=O)NC(C)(C)CN.Cl. The Morgan fingerprint density at radius 3 is 2.22 bits per heavy atom. The molecule has 6 nitrogen and oxygen atoms in total. The highest BCUT2D eigenvalue weighted by atomic mass is 35.5. The molecule has 0 saturated heterocycles. The molecule has 18 heavy (non-hydrogen) atoms. The third-order valence-corrected chi connectivity index (χ3v) is 4.58. The van der Waals surface area contributed by atoms with Crippen molar-refractivity contribution in [1.29, 1.82) is 0 Å². The number of nitrogens with two attached hydrogens (primary N) is 1. The topological polar surface area (TPSA) is 90.0 Å². The lowest BCUT2D eigenvalue weighted by Gasteiger charge is -2.23. The molecule has 0 spiro atoms. The first kappa shape index (κ1) is 17.4. The fourth-order valence-corrected chi connectivity index (χ4v) is 3.46. The lowest BCUT2D eigenvalue weighted by molar-refractivity contribution is 0.462. The van der Waals surface area contributed by atoms with Crippen LogP contribution >= 0.6 is 12.4 Å². The van der Waals surface area contributed by atoms with Gasteiger partial charge in [-0.25, -0.2) is 13.1 Å². The molecule has 0 aliphatic rings. The minimum absolute atomic E-state index is 0. The van der Waals surface area contributed by atoms with E-state index >= 15 is 0 Å². The van der Waals surface area contributed by atoms with Gasteiger partial charge in [-0.1, -0.05) is 0 Å². The molecular weight excluding hydrogens is 276 g/mol. The van der Waals surface area contributed by atoms with Gasteiger partial charge in [-0.3, -0.25) is 4.68 Å². The van der Waals surface area contributed by atoms with Crippen LogP contribution in [0.1, 0.15) is 25.2 Å². The van der Waals surface area contributed by atoms with Crippen LogP contribution in [0, 0.1) is 13.8 Å². The standard InChI is InChI=1S/C10H20N4O2S.ClH/c1-7-9(8(2)14(5)12-7)17(15,16)13-10(3,4)6-11;/h13H,6,11H2,1-5H3;1H. The van der Waals surface area contributed by atoms with Gasteiger partial charge in [0, 0.05) is 19.1 Å². The predicted octanol–water partition coefficient (Wildman–Crippen LogP) is 0.474. The summed E-state index contributed by atoms with van der Waals surface area (Å²) in [6, 6.07) is 0. The lowest BCUT2D eigenvalue weighted by Crippen LogP contribution is -2.48. The second kappa shape index (κ2) is 5.56. The quantitative estimate of drug-likeness (QED) is 0.845. The first-order valence-corrected chi connectivity index (χ1v) is 6.83. The van der Waals surface area contributed by atoms with E-state index in [2.05, 4.69) is 9.82 Å². The van der Waals surface area contributed by atoms with Gasteiger partial charge >= 0.3 is 0 Å². The number of halogens is 1. The van der Waals surface area contributed by atoms with Gasteiger partial charge < -0.3 is 5.73 Å². The second-order valence-corrected chi connectivity index (χ2v) is 6.44. The number of sulfonamides is 1. The Bertz CT molecular complexity index is 522. The third-order valence-electron chi connectivity index (χ3n) is 2.63. The van der Waals surface area contributed by atoms with Crippen LogP contribution in [0.25, 0.3) is 0 Å². The Labute approximate surface area is 114 Å². The molecule has 0 unspecified atom stereocenters. The molecule has 106 valence electrons. The number of nitrogens with zero attached hydrogens (tertiary/aromatic N) is 2. The van der Waals surface area contributed by atoms with E-state index in [0.29, 0.717) is 11.4 Å². The molecule has 1 heterocycles. The second-order valence-electron chi connectivity index (χ2n) is 4.82. The number of nitrogens with one attached hydrogen (secondary N) is 1. The van der Waals surface area contributed by atoms with Gasteiger partial charge in [0.2, 0.25) is 10.0 Å². The Kier molecular flexibility index (Phi) is 5.37. The molecule has 8 heteroatoms. The van der Waals surface area contributed by atoms with E-state index in [9.17, 15) is 8.42 Å².